The number of rotatable bonds is 30. The summed E-state index contributed by atoms with van der Waals surface area (Å²) in [7, 11) is 0. The minimum atomic E-state index is -0.498. The third kappa shape index (κ3) is 23.5. The first-order valence-corrected chi connectivity index (χ1v) is 60.1. The van der Waals surface area contributed by atoms with E-state index in [0.717, 1.165) is 298 Å². The number of aliphatic hydroxyl groups excluding tert-OH is 1. The van der Waals surface area contributed by atoms with Crippen molar-refractivity contribution in [3.63, 3.8) is 0 Å². The molecule has 846 valence electrons. The van der Waals surface area contributed by atoms with Crippen molar-refractivity contribution in [3.05, 3.63) is 0 Å². The van der Waals surface area contributed by atoms with Crippen molar-refractivity contribution in [1.82, 2.24) is 0 Å². The van der Waals surface area contributed by atoms with Crippen molar-refractivity contribution < 1.29 is 62.3 Å². The smallest absolute Gasteiger partial charge is 0.312 e. The molecule has 13 nitrogen and oxygen atoms in total. The van der Waals surface area contributed by atoms with Gasteiger partial charge >= 0.3 is 35.8 Å². The average Bonchev–Trinajstić information content (AvgIpc) is 1.55. The second kappa shape index (κ2) is 53.0. The van der Waals surface area contributed by atoms with Gasteiger partial charge in [0.2, 0.25) is 0 Å². The molecule has 21 aliphatic carbocycles. The van der Waals surface area contributed by atoms with Crippen LogP contribution in [0.5, 0.6) is 0 Å². The second-order valence-electron chi connectivity index (χ2n) is 52.3. The number of aliphatic hydroxyl groups is 1. The molecule has 21 saturated carbocycles. The van der Waals surface area contributed by atoms with Gasteiger partial charge in [0.05, 0.1) is 41.6 Å². The molecule has 0 heterocycles. The maximum atomic E-state index is 14.0. The van der Waals surface area contributed by atoms with E-state index >= 15 is 0 Å². The van der Waals surface area contributed by atoms with Crippen LogP contribution in [-0.4, -0.2) is 80.6 Å². The first kappa shape index (κ1) is 129. The van der Waals surface area contributed by atoms with E-state index in [2.05, 4.69) is 125 Å². The summed E-state index contributed by atoms with van der Waals surface area (Å²) >= 11 is 0. The molecule has 21 rings (SSSR count). The zero-order valence-electron chi connectivity index (χ0n) is 89.4. The van der Waals surface area contributed by atoms with Gasteiger partial charge in [-0.1, -0.05) is 256 Å². The molecule has 0 aromatic rings. The quantitative estimate of drug-likeness (QED) is 0.0531. The van der Waals surface area contributed by atoms with Crippen LogP contribution in [0.2, 0.25) is 0 Å². The van der Waals surface area contributed by atoms with E-state index in [1.54, 1.807) is 0 Å². The normalized spacial score (nSPS) is 41.6. The number of carbonyl (C=O) groups excluding carboxylic acids is 6. The first-order chi connectivity index (χ1) is 65.1. The average molecular weight is 2040 g/mol. The minimum absolute atomic E-state index is 0. The third-order valence-electron chi connectivity index (χ3n) is 47.8. The topological polar surface area (TPSA) is 178 Å². The molecule has 0 saturated heterocycles. The highest BCUT2D eigenvalue weighted by Crippen LogP contribution is 2.74. The van der Waals surface area contributed by atoms with Gasteiger partial charge in [0, 0.05) is 0 Å². The summed E-state index contributed by atoms with van der Waals surface area (Å²) in [5, 5.41) is 11.0. The van der Waals surface area contributed by atoms with Gasteiger partial charge in [-0.05, 0) is 472 Å². The van der Waals surface area contributed by atoms with Gasteiger partial charge in [-0.15, -0.1) is 0 Å². The summed E-state index contributed by atoms with van der Waals surface area (Å²) in [6.07, 6.45) is 61.6. The van der Waals surface area contributed by atoms with E-state index in [1.165, 1.54) is 161 Å². The molecule has 13 heteroatoms. The Labute approximate surface area is 896 Å². The Balaban J connectivity index is 0.000000243. The lowest BCUT2D eigenvalue weighted by Crippen LogP contribution is -2.48. The Morgan fingerprint density at radius 1 is 0.269 bits per heavy atom. The lowest BCUT2D eigenvalue weighted by atomic mass is 9.63. The molecular weight excluding hydrogens is 1790 g/mol. The van der Waals surface area contributed by atoms with Crippen molar-refractivity contribution in [2.75, 3.05) is 0 Å². The predicted octanol–water partition coefficient (Wildman–Crippen LogP) is 36.2. The zero-order valence-corrected chi connectivity index (χ0v) is 89.4. The third-order valence-corrected chi connectivity index (χ3v) is 47.8. The van der Waals surface area contributed by atoms with Gasteiger partial charge in [-0.2, -0.15) is 0 Å². The molecule has 38 unspecified atom stereocenters. The SMILES string of the molecule is C.C.C.C.C.C.C.C.C.C.CCC1CC(CC)C2C1C1CC2C(C)(C(=O)OC2(CC)CCCC2)C1.CCC1CC(CC)C2C3CC(C(C(=O)OC4(CC)CCCC4)C3C(=O)OC3(CC)CCCC3)C12.CCC1CC(CC)C2C3CC(C(C)C3C(=O)OC3(CC)CCCC3)C12.CCC1CC(CC)C2C3CC(CC3C(=O)OC3(CC)CCCC3)C12.CCC1CC(CC)C2C3CC(CC3C(O)CC(=O)OC3(CC)CCCC3)C12. The molecule has 0 amide bonds. The Bertz CT molecular complexity index is 3890. The van der Waals surface area contributed by atoms with Crippen LogP contribution in [0.3, 0.4) is 0 Å². The summed E-state index contributed by atoms with van der Waals surface area (Å²) in [5.41, 5.74) is -1.39. The highest BCUT2D eigenvalue weighted by atomic mass is 16.6. The lowest BCUT2D eigenvalue weighted by Gasteiger charge is -2.43. The number of esters is 6. The van der Waals surface area contributed by atoms with Crippen molar-refractivity contribution in [2.24, 2.45) is 218 Å². The summed E-state index contributed by atoms with van der Waals surface area (Å²) in [4.78, 5) is 80.3. The van der Waals surface area contributed by atoms with Crippen LogP contribution in [0.15, 0.2) is 0 Å². The van der Waals surface area contributed by atoms with Crippen LogP contribution in [0.25, 0.3) is 0 Å². The molecule has 21 aliphatic rings. The zero-order chi connectivity index (χ0) is 95.8. The monoisotopic (exact) mass is 2030 g/mol. The molecule has 0 spiro atoms. The number of fused-ring (bicyclic) bond motifs is 25. The van der Waals surface area contributed by atoms with Gasteiger partial charge in [-0.25, -0.2) is 0 Å². The molecule has 21 fully saturated rings. The minimum Gasteiger partial charge on any atom is -0.459 e. The fraction of sp³-hybridized carbons (Fsp3) is 0.955. The molecule has 10 bridgehead atoms. The van der Waals surface area contributed by atoms with Crippen LogP contribution >= 0.6 is 0 Å². The van der Waals surface area contributed by atoms with Gasteiger partial charge < -0.3 is 33.5 Å². The lowest BCUT2D eigenvalue weighted by molar-refractivity contribution is -0.183. The highest BCUT2D eigenvalue weighted by molar-refractivity contribution is 5.85. The Morgan fingerprint density at radius 2 is 0.531 bits per heavy atom. The van der Waals surface area contributed by atoms with Crippen LogP contribution in [0, 0.1) is 218 Å². The van der Waals surface area contributed by atoms with Crippen molar-refractivity contribution in [1.29, 1.82) is 0 Å². The van der Waals surface area contributed by atoms with Gasteiger partial charge in [0.25, 0.3) is 0 Å². The van der Waals surface area contributed by atoms with E-state index in [0.29, 0.717) is 71.0 Å². The molecular formula is C132H240O13. The molecule has 145 heavy (non-hydrogen) atoms. The molecule has 0 radical (unpaired) electrons. The van der Waals surface area contributed by atoms with Gasteiger partial charge in [0.1, 0.15) is 33.6 Å². The van der Waals surface area contributed by atoms with Gasteiger partial charge in [0.15, 0.2) is 0 Å². The Kier molecular flexibility index (Phi) is 47.0. The number of ether oxygens (including phenoxy) is 6. The number of hydrogen-bond donors (Lipinski definition) is 1. The predicted molar refractivity (Wildman–Crippen MR) is 606 cm³/mol. The molecule has 0 aromatic heterocycles. The van der Waals surface area contributed by atoms with Crippen LogP contribution < -0.4 is 0 Å². The van der Waals surface area contributed by atoms with E-state index in [9.17, 15) is 33.9 Å². The summed E-state index contributed by atoms with van der Waals surface area (Å²) in [5.74, 6) is 23.8. The molecule has 38 atom stereocenters. The van der Waals surface area contributed by atoms with E-state index in [-0.39, 0.29) is 179 Å². The maximum Gasteiger partial charge on any atom is 0.312 e. The van der Waals surface area contributed by atoms with E-state index in [4.69, 9.17) is 28.4 Å². The van der Waals surface area contributed by atoms with Crippen molar-refractivity contribution in [3.8, 4) is 0 Å². The molecule has 0 aromatic carbocycles. The first-order valence-electron chi connectivity index (χ1n) is 60.1. The van der Waals surface area contributed by atoms with Crippen molar-refractivity contribution in [2.45, 2.75) is 585 Å². The largest absolute Gasteiger partial charge is 0.459 e. The highest BCUT2D eigenvalue weighted by Gasteiger charge is 2.72. The van der Waals surface area contributed by atoms with Gasteiger partial charge in [-0.3, -0.25) is 28.8 Å². The Hall–Kier alpha value is -3.22. The van der Waals surface area contributed by atoms with E-state index < -0.39 is 6.10 Å². The fourth-order valence-corrected chi connectivity index (χ4v) is 41.0. The van der Waals surface area contributed by atoms with Crippen molar-refractivity contribution >= 4 is 35.8 Å². The van der Waals surface area contributed by atoms with E-state index in [1.807, 2.05) is 0 Å². The van der Waals surface area contributed by atoms with Crippen LogP contribution in [-0.2, 0) is 57.2 Å². The standard InChI is InChI=1S/C30H48O4.C24H40O3.2C23H38O2.C22H36O2.10CH4/c1-5-19-17-20(6-2)24-22-18-21(23(19)24)25(27(31)33-29(7-3)13-9-10-14-29)26(22)28(32)34-30(8-4)15-11-12-16-30;1-4-15-11-16(5-2)23-19-13-17(22(15)23)12-18(19)20(25)14-21(26)27-24(6-3)9-7-8-10-24;1-5-15-12-16(6-2)20-18-13-17(19(15)20)14-22(18,4)21(24)25-23(7-3)10-8-9-11-23;1-5-15-12-16(6-2)21-18-13-17(20(15)21)14(4)19(18)22(24)25-23(7-3)10-8-9-11-23;1-4-14-11-15(5-2)20-17-12-16(19(14)20)13-18(17)21(23)24-22(6-3)9-7-8-10-22;;;;;;;;;;/h19-26H,5-18H2,1-4H3;15-20,22-23,25H,4-14H2,1-3H3;15-20H,5-14H2,1-4H3;14-21H,5-13H2,1-4H3;14-20H,4-13H2,1-3H3;10*1H4. The maximum absolute atomic E-state index is 14.0. The summed E-state index contributed by atoms with van der Waals surface area (Å²) < 4.78 is 37.6. The number of hydrogen-bond acceptors (Lipinski definition) is 13. The fourth-order valence-electron chi connectivity index (χ4n) is 41.0. The summed E-state index contributed by atoms with van der Waals surface area (Å²) in [6, 6.07) is 0. The summed E-state index contributed by atoms with van der Waals surface area (Å²) in [6.45, 7) is 41.3. The van der Waals surface area contributed by atoms with Crippen LogP contribution in [0.1, 0.15) is 546 Å². The molecule has 1 N–H and O–H groups in total. The molecule has 0 aliphatic heterocycles. The van der Waals surface area contributed by atoms with Crippen LogP contribution in [0.4, 0.5) is 0 Å². The number of carbonyl (C=O) groups is 6. The Morgan fingerprint density at radius 3 is 0.876 bits per heavy atom. The second-order valence-corrected chi connectivity index (χ2v) is 52.3.